The normalized spacial score (nSPS) is 11.3. The van der Waals surface area contributed by atoms with Crippen molar-refractivity contribution in [1.82, 2.24) is 0 Å². The van der Waals surface area contributed by atoms with Gasteiger partial charge in [-0.25, -0.2) is 13.6 Å². The molecule has 0 atom stereocenters. The molecule has 0 fully saturated rings. The first kappa shape index (κ1) is 15.9. The Hall–Kier alpha value is -2.17. The van der Waals surface area contributed by atoms with Gasteiger partial charge in [0.2, 0.25) is 0 Å². The van der Waals surface area contributed by atoms with E-state index < -0.39 is 40.8 Å². The molecule has 0 aromatic heterocycles. The molecular formula is C12H8F5NO2. The maximum Gasteiger partial charge on any atom is 0.416 e. The number of benzene rings is 1. The molecule has 1 rings (SSSR count). The van der Waals surface area contributed by atoms with Crippen molar-refractivity contribution < 1.29 is 31.5 Å². The Morgan fingerprint density at radius 3 is 2.40 bits per heavy atom. The van der Waals surface area contributed by atoms with E-state index in [1.165, 1.54) is 13.0 Å². The van der Waals surface area contributed by atoms with Crippen molar-refractivity contribution >= 4 is 5.97 Å². The SMILES string of the molecule is CCOC(=O)c1cc(C(F)(F)F)cc(C#N)c1C(F)F. The lowest BCUT2D eigenvalue weighted by Crippen LogP contribution is -2.14. The van der Waals surface area contributed by atoms with Crippen molar-refractivity contribution in [2.24, 2.45) is 0 Å². The minimum atomic E-state index is -4.87. The van der Waals surface area contributed by atoms with Gasteiger partial charge in [0.05, 0.1) is 34.9 Å². The fraction of sp³-hybridized carbons (Fsp3) is 0.333. The summed E-state index contributed by atoms with van der Waals surface area (Å²) < 4.78 is 68.0. The van der Waals surface area contributed by atoms with Crippen molar-refractivity contribution in [2.45, 2.75) is 19.5 Å². The number of carbonyl (C=O) groups is 1. The summed E-state index contributed by atoms with van der Waals surface area (Å²) in [4.78, 5) is 11.5. The molecule has 0 amide bonds. The average molecular weight is 293 g/mol. The van der Waals surface area contributed by atoms with Gasteiger partial charge in [-0.15, -0.1) is 0 Å². The largest absolute Gasteiger partial charge is 0.462 e. The number of nitrogens with zero attached hydrogens (tertiary/aromatic N) is 1. The molecule has 0 saturated heterocycles. The molecule has 8 heteroatoms. The molecular weight excluding hydrogens is 285 g/mol. The van der Waals surface area contributed by atoms with E-state index in [1.54, 1.807) is 0 Å². The Morgan fingerprint density at radius 2 is 2.00 bits per heavy atom. The summed E-state index contributed by atoms with van der Waals surface area (Å²) in [6.07, 6.45) is -8.14. The van der Waals surface area contributed by atoms with Crippen LogP contribution in [-0.2, 0) is 10.9 Å². The van der Waals surface area contributed by atoms with Crippen LogP contribution < -0.4 is 0 Å². The second-order valence-corrected chi connectivity index (χ2v) is 3.62. The van der Waals surface area contributed by atoms with E-state index >= 15 is 0 Å². The van der Waals surface area contributed by atoms with Gasteiger partial charge in [-0.05, 0) is 19.1 Å². The molecule has 0 aliphatic carbocycles. The minimum absolute atomic E-state index is 0.195. The molecule has 0 aliphatic rings. The predicted molar refractivity (Wildman–Crippen MR) is 57.1 cm³/mol. The van der Waals surface area contributed by atoms with Crippen LogP contribution >= 0.6 is 0 Å². The highest BCUT2D eigenvalue weighted by Crippen LogP contribution is 2.35. The van der Waals surface area contributed by atoms with E-state index in [9.17, 15) is 26.7 Å². The van der Waals surface area contributed by atoms with Gasteiger partial charge in [-0.2, -0.15) is 18.4 Å². The highest BCUT2D eigenvalue weighted by Gasteiger charge is 2.35. The third kappa shape index (κ3) is 3.23. The monoisotopic (exact) mass is 293 g/mol. The van der Waals surface area contributed by atoms with Gasteiger partial charge in [0.15, 0.2) is 0 Å². The quantitative estimate of drug-likeness (QED) is 0.631. The first-order valence-electron chi connectivity index (χ1n) is 5.32. The zero-order chi connectivity index (χ0) is 15.5. The van der Waals surface area contributed by atoms with E-state index in [1.807, 2.05) is 0 Å². The van der Waals surface area contributed by atoms with Crippen LogP contribution in [0.5, 0.6) is 0 Å². The van der Waals surface area contributed by atoms with Crippen molar-refractivity contribution in [2.75, 3.05) is 6.61 Å². The summed E-state index contributed by atoms with van der Waals surface area (Å²) in [7, 11) is 0. The van der Waals surface area contributed by atoms with Crippen LogP contribution in [0.4, 0.5) is 22.0 Å². The second kappa shape index (κ2) is 5.86. The van der Waals surface area contributed by atoms with Crippen molar-refractivity contribution in [3.05, 3.63) is 34.4 Å². The first-order valence-corrected chi connectivity index (χ1v) is 5.32. The Morgan fingerprint density at radius 1 is 1.40 bits per heavy atom. The third-order valence-corrected chi connectivity index (χ3v) is 2.34. The Labute approximate surface area is 110 Å². The number of ether oxygens (including phenoxy) is 1. The summed E-state index contributed by atoms with van der Waals surface area (Å²) in [5, 5.41) is 8.69. The molecule has 0 bridgehead atoms. The molecule has 0 radical (unpaired) electrons. The van der Waals surface area contributed by atoms with E-state index in [2.05, 4.69) is 4.74 Å². The fourth-order valence-electron chi connectivity index (χ4n) is 1.52. The average Bonchev–Trinajstić information content (AvgIpc) is 2.36. The maximum atomic E-state index is 12.9. The van der Waals surface area contributed by atoms with E-state index in [0.29, 0.717) is 0 Å². The van der Waals surface area contributed by atoms with Crippen molar-refractivity contribution in [3.8, 4) is 6.07 Å². The van der Waals surface area contributed by atoms with Crippen molar-refractivity contribution in [3.63, 3.8) is 0 Å². The molecule has 108 valence electrons. The zero-order valence-corrected chi connectivity index (χ0v) is 10.1. The summed E-state index contributed by atoms with van der Waals surface area (Å²) in [5.74, 6) is -1.33. The number of halogens is 5. The first-order chi connectivity index (χ1) is 9.22. The zero-order valence-electron chi connectivity index (χ0n) is 10.1. The van der Waals surface area contributed by atoms with Crippen LogP contribution in [0, 0.1) is 11.3 Å². The summed E-state index contributed by atoms with van der Waals surface area (Å²) >= 11 is 0. The number of hydrogen-bond donors (Lipinski definition) is 0. The number of rotatable bonds is 3. The van der Waals surface area contributed by atoms with Gasteiger partial charge in [-0.1, -0.05) is 0 Å². The van der Waals surface area contributed by atoms with Crippen LogP contribution in [0.2, 0.25) is 0 Å². The van der Waals surface area contributed by atoms with Gasteiger partial charge < -0.3 is 4.74 Å². The Bertz CT molecular complexity index is 560. The lowest BCUT2D eigenvalue weighted by atomic mass is 9.98. The van der Waals surface area contributed by atoms with Crippen LogP contribution in [0.25, 0.3) is 0 Å². The Balaban J connectivity index is 3.59. The maximum absolute atomic E-state index is 12.9. The van der Waals surface area contributed by atoms with E-state index in [0.717, 1.165) is 0 Å². The highest BCUT2D eigenvalue weighted by molar-refractivity contribution is 5.92. The van der Waals surface area contributed by atoms with Gasteiger partial charge >= 0.3 is 12.1 Å². The van der Waals surface area contributed by atoms with Crippen molar-refractivity contribution in [1.29, 1.82) is 5.26 Å². The molecule has 1 aromatic rings. The molecule has 0 spiro atoms. The number of esters is 1. The van der Waals surface area contributed by atoms with E-state index in [-0.39, 0.29) is 18.7 Å². The molecule has 0 heterocycles. The molecule has 0 unspecified atom stereocenters. The van der Waals surface area contributed by atoms with Gasteiger partial charge in [0.25, 0.3) is 6.43 Å². The third-order valence-electron chi connectivity index (χ3n) is 2.34. The predicted octanol–water partition coefficient (Wildman–Crippen LogP) is 3.69. The van der Waals surface area contributed by atoms with Crippen LogP contribution in [0.3, 0.4) is 0 Å². The molecule has 1 aromatic carbocycles. The smallest absolute Gasteiger partial charge is 0.416 e. The minimum Gasteiger partial charge on any atom is -0.462 e. The molecule has 3 nitrogen and oxygen atoms in total. The topological polar surface area (TPSA) is 50.1 Å². The van der Waals surface area contributed by atoms with E-state index in [4.69, 9.17) is 5.26 Å². The van der Waals surface area contributed by atoms with Gasteiger partial charge in [0, 0.05) is 0 Å². The lowest BCUT2D eigenvalue weighted by molar-refractivity contribution is -0.137. The highest BCUT2D eigenvalue weighted by atomic mass is 19.4. The number of carbonyl (C=O) groups excluding carboxylic acids is 1. The van der Waals surface area contributed by atoms with Crippen LogP contribution in [0.1, 0.15) is 40.4 Å². The molecule has 20 heavy (non-hydrogen) atoms. The molecule has 0 aliphatic heterocycles. The van der Waals surface area contributed by atoms with Crippen LogP contribution in [0.15, 0.2) is 12.1 Å². The lowest BCUT2D eigenvalue weighted by Gasteiger charge is -2.14. The van der Waals surface area contributed by atoms with Gasteiger partial charge in [0.1, 0.15) is 0 Å². The summed E-state index contributed by atoms with van der Waals surface area (Å²) in [5.41, 5.74) is -4.27. The number of hydrogen-bond acceptors (Lipinski definition) is 3. The van der Waals surface area contributed by atoms with Gasteiger partial charge in [-0.3, -0.25) is 0 Å². The fourth-order valence-corrected chi connectivity index (χ4v) is 1.52. The standard InChI is InChI=1S/C12H8F5NO2/c1-2-20-11(19)8-4-7(12(15,16)17)3-6(5-18)9(8)10(13)14/h3-4,10H,2H2,1H3. The molecule has 0 saturated carbocycles. The summed E-state index contributed by atoms with van der Waals surface area (Å²) in [6.45, 7) is 1.18. The molecule has 0 N–H and O–H groups in total. The summed E-state index contributed by atoms with van der Waals surface area (Å²) in [6, 6.07) is 1.79. The number of nitriles is 1. The number of alkyl halides is 5. The Kier molecular flexibility index (Phi) is 4.65. The second-order valence-electron chi connectivity index (χ2n) is 3.62. The van der Waals surface area contributed by atoms with Crippen LogP contribution in [-0.4, -0.2) is 12.6 Å².